The minimum absolute atomic E-state index is 0.109. The minimum atomic E-state index is -1.13. The van der Waals surface area contributed by atoms with Crippen LogP contribution in [0.5, 0.6) is 5.75 Å². The molecule has 18 heavy (non-hydrogen) atoms. The van der Waals surface area contributed by atoms with Crippen LogP contribution in [0.4, 0.5) is 0 Å². The smallest absolute Gasteiger partial charge is 0.323 e. The van der Waals surface area contributed by atoms with Crippen molar-refractivity contribution in [1.82, 2.24) is 0 Å². The van der Waals surface area contributed by atoms with E-state index in [1.807, 2.05) is 31.2 Å². The number of aliphatic carboxylic acids is 1. The molecule has 98 valence electrons. The molecule has 0 aliphatic heterocycles. The lowest BCUT2D eigenvalue weighted by Gasteiger charge is -2.34. The zero-order valence-electron chi connectivity index (χ0n) is 10.6. The van der Waals surface area contributed by atoms with E-state index < -0.39 is 11.5 Å². The second-order valence-corrected chi connectivity index (χ2v) is 5.11. The molecule has 2 rings (SSSR count). The Bertz CT molecular complexity index is 429. The molecule has 1 aromatic carbocycles. The van der Waals surface area contributed by atoms with Crippen molar-refractivity contribution in [1.29, 1.82) is 0 Å². The summed E-state index contributed by atoms with van der Waals surface area (Å²) in [5.74, 6) is -0.153. The van der Waals surface area contributed by atoms with Gasteiger partial charge in [-0.15, -0.1) is 0 Å². The van der Waals surface area contributed by atoms with E-state index in [0.717, 1.165) is 18.6 Å². The summed E-state index contributed by atoms with van der Waals surface area (Å²) in [5, 5.41) is 9.14. The van der Waals surface area contributed by atoms with Crippen LogP contribution < -0.4 is 10.5 Å². The molecule has 4 nitrogen and oxygen atoms in total. The Kier molecular flexibility index (Phi) is 3.57. The lowest BCUT2D eigenvalue weighted by atomic mass is 9.81. The molecule has 0 saturated heterocycles. The third kappa shape index (κ3) is 2.82. The van der Waals surface area contributed by atoms with Crippen LogP contribution in [-0.2, 0) is 4.79 Å². The molecule has 2 unspecified atom stereocenters. The van der Waals surface area contributed by atoms with E-state index in [0.29, 0.717) is 12.8 Å². The van der Waals surface area contributed by atoms with E-state index >= 15 is 0 Å². The first kappa shape index (κ1) is 12.9. The van der Waals surface area contributed by atoms with Gasteiger partial charge in [-0.3, -0.25) is 4.79 Å². The Hall–Kier alpha value is -1.55. The summed E-state index contributed by atoms with van der Waals surface area (Å²) >= 11 is 0. The van der Waals surface area contributed by atoms with Gasteiger partial charge in [-0.2, -0.15) is 0 Å². The molecule has 2 atom stereocenters. The van der Waals surface area contributed by atoms with Crippen LogP contribution in [0.2, 0.25) is 0 Å². The summed E-state index contributed by atoms with van der Waals surface area (Å²) in [6.45, 7) is 2.01. The van der Waals surface area contributed by atoms with Crippen LogP contribution in [0.1, 0.15) is 31.2 Å². The molecule has 1 aliphatic carbocycles. The first-order valence-corrected chi connectivity index (χ1v) is 6.25. The number of nitrogens with two attached hydrogens (primary N) is 1. The first-order chi connectivity index (χ1) is 8.49. The van der Waals surface area contributed by atoms with E-state index in [-0.39, 0.29) is 6.10 Å². The van der Waals surface area contributed by atoms with Crippen LogP contribution in [-0.4, -0.2) is 22.7 Å². The Morgan fingerprint density at radius 2 is 2.11 bits per heavy atom. The maximum atomic E-state index is 11.1. The maximum Gasteiger partial charge on any atom is 0.323 e. The van der Waals surface area contributed by atoms with Crippen molar-refractivity contribution in [3.63, 3.8) is 0 Å². The van der Waals surface area contributed by atoms with Gasteiger partial charge >= 0.3 is 5.97 Å². The molecule has 1 aliphatic rings. The van der Waals surface area contributed by atoms with Gasteiger partial charge in [0.05, 0.1) is 0 Å². The van der Waals surface area contributed by atoms with Crippen molar-refractivity contribution in [2.24, 2.45) is 5.73 Å². The second-order valence-electron chi connectivity index (χ2n) is 5.11. The Balaban J connectivity index is 2.02. The third-order valence-electron chi connectivity index (χ3n) is 3.49. The quantitative estimate of drug-likeness (QED) is 0.860. The number of rotatable bonds is 3. The van der Waals surface area contributed by atoms with E-state index in [1.165, 1.54) is 5.56 Å². The Morgan fingerprint density at radius 1 is 1.44 bits per heavy atom. The molecule has 4 heteroatoms. The highest BCUT2D eigenvalue weighted by Gasteiger charge is 2.40. The van der Waals surface area contributed by atoms with Crippen molar-refractivity contribution in [2.75, 3.05) is 0 Å². The molecule has 3 N–H and O–H groups in total. The second kappa shape index (κ2) is 4.98. The van der Waals surface area contributed by atoms with Gasteiger partial charge in [-0.05, 0) is 38.3 Å². The third-order valence-corrected chi connectivity index (χ3v) is 3.49. The number of benzene rings is 1. The highest BCUT2D eigenvalue weighted by molar-refractivity contribution is 5.78. The molecule has 0 radical (unpaired) electrons. The topological polar surface area (TPSA) is 72.5 Å². The predicted octanol–water partition coefficient (Wildman–Crippen LogP) is 2.10. The molecular weight excluding hydrogens is 230 g/mol. The van der Waals surface area contributed by atoms with Crippen molar-refractivity contribution in [3.8, 4) is 5.75 Å². The normalized spacial score (nSPS) is 27.8. The van der Waals surface area contributed by atoms with Gasteiger partial charge in [-0.1, -0.05) is 17.7 Å². The van der Waals surface area contributed by atoms with Crippen LogP contribution in [0.3, 0.4) is 0 Å². The van der Waals surface area contributed by atoms with E-state index in [1.54, 1.807) is 0 Å². The number of ether oxygens (including phenoxy) is 1. The summed E-state index contributed by atoms with van der Waals surface area (Å²) in [6.07, 6.45) is 2.44. The van der Waals surface area contributed by atoms with Gasteiger partial charge in [0, 0.05) is 6.42 Å². The monoisotopic (exact) mass is 249 g/mol. The average Bonchev–Trinajstić information content (AvgIpc) is 2.32. The maximum absolute atomic E-state index is 11.1. The Labute approximate surface area is 107 Å². The summed E-state index contributed by atoms with van der Waals surface area (Å²) in [7, 11) is 0. The molecule has 1 fully saturated rings. The highest BCUT2D eigenvalue weighted by atomic mass is 16.5. The largest absolute Gasteiger partial charge is 0.490 e. The molecule has 0 amide bonds. The lowest BCUT2D eigenvalue weighted by Crippen LogP contribution is -2.53. The molecule has 1 aromatic rings. The number of hydrogen-bond acceptors (Lipinski definition) is 3. The van der Waals surface area contributed by atoms with Crippen molar-refractivity contribution in [2.45, 2.75) is 44.2 Å². The van der Waals surface area contributed by atoms with Gasteiger partial charge in [0.25, 0.3) is 0 Å². The number of hydrogen-bond donors (Lipinski definition) is 2. The van der Waals surface area contributed by atoms with Gasteiger partial charge < -0.3 is 15.6 Å². The zero-order valence-corrected chi connectivity index (χ0v) is 10.6. The molecule has 0 bridgehead atoms. The summed E-state index contributed by atoms with van der Waals surface area (Å²) < 4.78 is 5.81. The average molecular weight is 249 g/mol. The van der Waals surface area contributed by atoms with Crippen LogP contribution in [0, 0.1) is 6.92 Å². The summed E-state index contributed by atoms with van der Waals surface area (Å²) in [5.41, 5.74) is 5.93. The summed E-state index contributed by atoms with van der Waals surface area (Å²) in [4.78, 5) is 11.1. The zero-order chi connectivity index (χ0) is 13.2. The number of carboxylic acid groups (broad SMARTS) is 1. The van der Waals surface area contributed by atoms with Gasteiger partial charge in [-0.25, -0.2) is 0 Å². The fourth-order valence-corrected chi connectivity index (χ4v) is 2.36. The standard InChI is InChI=1S/C14H19NO3/c1-10-4-6-11(7-5-10)18-12-3-2-8-14(15,9-12)13(16)17/h4-7,12H,2-3,8-9,15H2,1H3,(H,16,17). The predicted molar refractivity (Wildman–Crippen MR) is 68.6 cm³/mol. The van der Waals surface area contributed by atoms with Crippen molar-refractivity contribution < 1.29 is 14.6 Å². The van der Waals surface area contributed by atoms with Crippen molar-refractivity contribution >= 4 is 5.97 Å². The minimum Gasteiger partial charge on any atom is -0.490 e. The van der Waals surface area contributed by atoms with E-state index in [9.17, 15) is 4.79 Å². The fraction of sp³-hybridized carbons (Fsp3) is 0.500. The van der Waals surface area contributed by atoms with Gasteiger partial charge in [0.1, 0.15) is 17.4 Å². The molecule has 0 heterocycles. The lowest BCUT2D eigenvalue weighted by molar-refractivity contribution is -0.145. The van der Waals surface area contributed by atoms with Crippen molar-refractivity contribution in [3.05, 3.63) is 29.8 Å². The van der Waals surface area contributed by atoms with Gasteiger partial charge in [0.2, 0.25) is 0 Å². The summed E-state index contributed by atoms with van der Waals surface area (Å²) in [6, 6.07) is 7.77. The molecular formula is C14H19NO3. The number of carbonyl (C=O) groups is 1. The Morgan fingerprint density at radius 3 is 2.72 bits per heavy atom. The van der Waals surface area contributed by atoms with Crippen LogP contribution in [0.25, 0.3) is 0 Å². The molecule has 0 aromatic heterocycles. The molecule has 0 spiro atoms. The highest BCUT2D eigenvalue weighted by Crippen LogP contribution is 2.29. The SMILES string of the molecule is Cc1ccc(OC2CCCC(N)(C(=O)O)C2)cc1. The number of aryl methyl sites for hydroxylation is 1. The molecule has 1 saturated carbocycles. The first-order valence-electron chi connectivity index (χ1n) is 6.25. The van der Waals surface area contributed by atoms with Gasteiger partial charge in [0.15, 0.2) is 0 Å². The van der Waals surface area contributed by atoms with Crippen LogP contribution >= 0.6 is 0 Å². The fourth-order valence-electron chi connectivity index (χ4n) is 2.36. The van der Waals surface area contributed by atoms with E-state index in [4.69, 9.17) is 15.6 Å². The number of carboxylic acids is 1. The van der Waals surface area contributed by atoms with Crippen LogP contribution in [0.15, 0.2) is 24.3 Å². The van der Waals surface area contributed by atoms with E-state index in [2.05, 4.69) is 0 Å².